The highest BCUT2D eigenvalue weighted by molar-refractivity contribution is 5.97. The number of ether oxygens (including phenoxy) is 2. The molecule has 0 aliphatic carbocycles. The normalized spacial score (nSPS) is 24.8. The summed E-state index contributed by atoms with van der Waals surface area (Å²) in [5, 5.41) is 3.63. The number of aromatic nitrogens is 1. The minimum absolute atomic E-state index is 0.0559. The molecule has 8 nitrogen and oxygen atoms in total. The van der Waals surface area contributed by atoms with Crippen LogP contribution in [0, 0.1) is 5.82 Å². The third-order valence-corrected chi connectivity index (χ3v) is 8.85. The highest BCUT2D eigenvalue weighted by atomic mass is 19.1. The second-order valence-electron chi connectivity index (χ2n) is 12.2. The van der Waals surface area contributed by atoms with Gasteiger partial charge in [0.15, 0.2) is 0 Å². The quantitative estimate of drug-likeness (QED) is 0.433. The van der Waals surface area contributed by atoms with Crippen molar-refractivity contribution in [1.82, 2.24) is 20.1 Å². The van der Waals surface area contributed by atoms with E-state index in [4.69, 9.17) is 9.47 Å². The van der Waals surface area contributed by atoms with Crippen LogP contribution in [-0.4, -0.2) is 97.4 Å². The number of piperazine rings is 1. The number of anilines is 1. The van der Waals surface area contributed by atoms with Gasteiger partial charge >= 0.3 is 0 Å². The molecule has 1 N–H and O–H groups in total. The average molecular weight is 588 g/mol. The molecule has 0 radical (unpaired) electrons. The molecule has 43 heavy (non-hydrogen) atoms. The lowest BCUT2D eigenvalue weighted by Gasteiger charge is -2.44. The molecule has 2 aromatic carbocycles. The van der Waals surface area contributed by atoms with Crippen LogP contribution in [0.15, 0.2) is 66.9 Å². The monoisotopic (exact) mass is 587 g/mol. The van der Waals surface area contributed by atoms with E-state index in [1.54, 1.807) is 18.3 Å². The van der Waals surface area contributed by atoms with E-state index in [0.717, 1.165) is 56.1 Å². The summed E-state index contributed by atoms with van der Waals surface area (Å²) in [6.45, 7) is 10.0. The van der Waals surface area contributed by atoms with Gasteiger partial charge in [-0.15, -0.1) is 0 Å². The molecule has 2 fully saturated rings. The fourth-order valence-corrected chi connectivity index (χ4v) is 6.48. The Morgan fingerprint density at radius 2 is 1.81 bits per heavy atom. The topological polar surface area (TPSA) is 70.2 Å². The zero-order valence-corrected chi connectivity index (χ0v) is 25.1. The molecule has 9 heteroatoms. The number of nitrogens with zero attached hydrogens (tertiary/aromatic N) is 4. The third-order valence-electron chi connectivity index (χ3n) is 8.85. The SMILES string of the molecule is CC1COCCN1C[C@H]1CN[C@H](C)CN1CC(=O)N1c2cc(Cc3ccc(F)cc3)cnc2OCC1Cc1ccccc1. The van der Waals surface area contributed by atoms with Crippen LogP contribution in [0.5, 0.6) is 5.88 Å². The number of benzene rings is 2. The van der Waals surface area contributed by atoms with Crippen LogP contribution < -0.4 is 15.0 Å². The first-order chi connectivity index (χ1) is 20.9. The predicted octanol–water partition coefficient (Wildman–Crippen LogP) is 3.53. The Morgan fingerprint density at radius 1 is 1.00 bits per heavy atom. The van der Waals surface area contributed by atoms with Crippen molar-refractivity contribution in [3.05, 3.63) is 89.4 Å². The highest BCUT2D eigenvalue weighted by Crippen LogP contribution is 2.35. The Morgan fingerprint density at radius 3 is 2.60 bits per heavy atom. The third kappa shape index (κ3) is 7.24. The lowest BCUT2D eigenvalue weighted by atomic mass is 10.0. The molecule has 6 rings (SSSR count). The van der Waals surface area contributed by atoms with E-state index in [-0.39, 0.29) is 23.8 Å². The molecule has 3 aromatic rings. The first-order valence-electron chi connectivity index (χ1n) is 15.4. The first-order valence-corrected chi connectivity index (χ1v) is 15.4. The number of carbonyl (C=O) groups excluding carboxylic acids is 1. The summed E-state index contributed by atoms with van der Waals surface area (Å²) in [5.74, 6) is 0.276. The van der Waals surface area contributed by atoms with Crippen molar-refractivity contribution in [1.29, 1.82) is 0 Å². The van der Waals surface area contributed by atoms with Crippen LogP contribution in [-0.2, 0) is 22.4 Å². The second kappa shape index (κ2) is 13.5. The number of hydrogen-bond acceptors (Lipinski definition) is 7. The van der Waals surface area contributed by atoms with Gasteiger partial charge in [0.25, 0.3) is 0 Å². The smallest absolute Gasteiger partial charge is 0.241 e. The van der Waals surface area contributed by atoms with E-state index in [2.05, 4.69) is 46.1 Å². The van der Waals surface area contributed by atoms with Crippen molar-refractivity contribution in [3.63, 3.8) is 0 Å². The first kappa shape index (κ1) is 29.7. The Hall–Kier alpha value is -3.37. The van der Waals surface area contributed by atoms with Gasteiger partial charge in [-0.25, -0.2) is 9.37 Å². The maximum absolute atomic E-state index is 14.5. The molecule has 4 heterocycles. The Balaban J connectivity index is 1.27. The van der Waals surface area contributed by atoms with Gasteiger partial charge in [-0.1, -0.05) is 42.5 Å². The van der Waals surface area contributed by atoms with Crippen LogP contribution in [0.25, 0.3) is 0 Å². The number of nitrogens with one attached hydrogen (secondary N) is 1. The van der Waals surface area contributed by atoms with Gasteiger partial charge in [0.2, 0.25) is 11.8 Å². The molecule has 2 saturated heterocycles. The fraction of sp³-hybridized carbons (Fsp3) is 0.471. The Kier molecular flexibility index (Phi) is 9.33. The second-order valence-corrected chi connectivity index (χ2v) is 12.2. The van der Waals surface area contributed by atoms with Gasteiger partial charge in [-0.2, -0.15) is 0 Å². The van der Waals surface area contributed by atoms with Crippen molar-refractivity contribution in [3.8, 4) is 5.88 Å². The molecule has 0 bridgehead atoms. The molecule has 1 amide bonds. The van der Waals surface area contributed by atoms with Gasteiger partial charge in [0, 0.05) is 50.5 Å². The molecule has 4 atom stereocenters. The minimum atomic E-state index is -0.259. The fourth-order valence-electron chi connectivity index (χ4n) is 6.48. The number of halogens is 1. The molecular weight excluding hydrogens is 545 g/mol. The molecular formula is C34H42FN5O3. The lowest BCUT2D eigenvalue weighted by molar-refractivity contribution is -0.122. The lowest BCUT2D eigenvalue weighted by Crippen LogP contribution is -2.62. The van der Waals surface area contributed by atoms with Crippen molar-refractivity contribution in [2.45, 2.75) is 50.9 Å². The van der Waals surface area contributed by atoms with Crippen molar-refractivity contribution in [2.75, 3.05) is 57.4 Å². The van der Waals surface area contributed by atoms with Crippen LogP contribution in [0.3, 0.4) is 0 Å². The largest absolute Gasteiger partial charge is 0.474 e. The summed E-state index contributed by atoms with van der Waals surface area (Å²) in [6, 6.07) is 19.5. The van der Waals surface area contributed by atoms with Crippen LogP contribution in [0.4, 0.5) is 10.1 Å². The molecule has 2 unspecified atom stereocenters. The Labute approximate surface area is 253 Å². The van der Waals surface area contributed by atoms with Crippen LogP contribution in [0.2, 0.25) is 0 Å². The number of amides is 1. The number of carbonyl (C=O) groups is 1. The van der Waals surface area contributed by atoms with Gasteiger partial charge in [0.05, 0.1) is 25.8 Å². The van der Waals surface area contributed by atoms with Crippen LogP contribution in [0.1, 0.15) is 30.5 Å². The summed E-state index contributed by atoms with van der Waals surface area (Å²) in [7, 11) is 0. The van der Waals surface area contributed by atoms with E-state index < -0.39 is 0 Å². The summed E-state index contributed by atoms with van der Waals surface area (Å²) in [4.78, 5) is 25.9. The van der Waals surface area contributed by atoms with Gasteiger partial charge < -0.3 is 14.8 Å². The average Bonchev–Trinajstić information content (AvgIpc) is 3.01. The van der Waals surface area contributed by atoms with Gasteiger partial charge in [-0.05, 0) is 61.6 Å². The zero-order chi connectivity index (χ0) is 29.8. The highest BCUT2D eigenvalue weighted by Gasteiger charge is 2.37. The van der Waals surface area contributed by atoms with E-state index in [1.165, 1.54) is 12.1 Å². The van der Waals surface area contributed by atoms with Crippen molar-refractivity contribution in [2.24, 2.45) is 0 Å². The van der Waals surface area contributed by atoms with Crippen LogP contribution >= 0.6 is 0 Å². The van der Waals surface area contributed by atoms with E-state index in [0.29, 0.717) is 49.6 Å². The number of pyridine rings is 1. The molecule has 1 aromatic heterocycles. The standard InChI is InChI=1S/C34H42FN5O3/c1-24-19-39(31(18-36-24)20-38-12-13-42-22-25(38)2)21-33(41)40-30(15-26-6-4-3-5-7-26)23-43-34-32(40)16-28(17-37-34)14-27-8-10-29(35)11-9-27/h3-11,16-17,24-25,30-31,36H,12-15,18-23H2,1-2H3/t24-,25?,30?,31-/m1/s1. The summed E-state index contributed by atoms with van der Waals surface area (Å²) >= 11 is 0. The number of fused-ring (bicyclic) bond motifs is 1. The summed E-state index contributed by atoms with van der Waals surface area (Å²) < 4.78 is 25.3. The van der Waals surface area contributed by atoms with E-state index >= 15 is 0 Å². The molecule has 0 saturated carbocycles. The number of hydrogen-bond donors (Lipinski definition) is 1. The summed E-state index contributed by atoms with van der Waals surface area (Å²) in [6.07, 6.45) is 3.06. The van der Waals surface area contributed by atoms with Gasteiger partial charge in [-0.3, -0.25) is 19.5 Å². The van der Waals surface area contributed by atoms with E-state index in [1.807, 2.05) is 29.2 Å². The maximum atomic E-state index is 14.5. The molecule has 3 aliphatic heterocycles. The Bertz CT molecular complexity index is 1370. The van der Waals surface area contributed by atoms with Gasteiger partial charge in [0.1, 0.15) is 18.1 Å². The maximum Gasteiger partial charge on any atom is 0.241 e. The molecule has 0 spiro atoms. The van der Waals surface area contributed by atoms with E-state index in [9.17, 15) is 9.18 Å². The van der Waals surface area contributed by atoms with Crippen molar-refractivity contribution < 1.29 is 18.7 Å². The predicted molar refractivity (Wildman–Crippen MR) is 165 cm³/mol. The molecule has 228 valence electrons. The number of morpholine rings is 1. The number of rotatable bonds is 8. The van der Waals surface area contributed by atoms with Crippen molar-refractivity contribution >= 4 is 11.6 Å². The minimum Gasteiger partial charge on any atom is -0.474 e. The summed E-state index contributed by atoms with van der Waals surface area (Å²) in [5.41, 5.74) is 3.79. The molecule has 3 aliphatic rings. The zero-order valence-electron chi connectivity index (χ0n) is 25.1.